The second kappa shape index (κ2) is 9.14. The lowest BCUT2D eigenvalue weighted by atomic mass is 9.73. The highest BCUT2D eigenvalue weighted by atomic mass is 35.5. The number of benzene rings is 1. The number of ketones is 1. The molecule has 0 spiro atoms. The Morgan fingerprint density at radius 3 is 2.55 bits per heavy atom. The van der Waals surface area contributed by atoms with Crippen LogP contribution in [-0.4, -0.2) is 22.8 Å². The van der Waals surface area contributed by atoms with E-state index in [4.69, 9.17) is 16.3 Å². The van der Waals surface area contributed by atoms with Crippen molar-refractivity contribution < 1.29 is 14.3 Å². The number of pyridine rings is 1. The van der Waals surface area contributed by atoms with Crippen molar-refractivity contribution in [3.8, 4) is 0 Å². The normalized spacial score (nSPS) is 23.4. The minimum absolute atomic E-state index is 0.0398. The summed E-state index contributed by atoms with van der Waals surface area (Å²) in [7, 11) is 0. The molecule has 6 heteroatoms. The molecule has 33 heavy (non-hydrogen) atoms. The number of halogens is 1. The van der Waals surface area contributed by atoms with Crippen molar-refractivity contribution in [1.29, 1.82) is 0 Å². The zero-order valence-corrected chi connectivity index (χ0v) is 19.4. The summed E-state index contributed by atoms with van der Waals surface area (Å²) in [6.45, 7) is 1.89. The Hall–Kier alpha value is -2.92. The quantitative estimate of drug-likeness (QED) is 0.600. The Balaban J connectivity index is 1.52. The second-order valence-corrected chi connectivity index (χ2v) is 9.57. The Bertz CT molecular complexity index is 1130. The van der Waals surface area contributed by atoms with Crippen LogP contribution in [0.15, 0.2) is 71.2 Å². The van der Waals surface area contributed by atoms with Crippen LogP contribution in [0.3, 0.4) is 0 Å². The molecule has 1 N–H and O–H groups in total. The maximum Gasteiger partial charge on any atom is 0.337 e. The van der Waals surface area contributed by atoms with Crippen LogP contribution in [0.25, 0.3) is 0 Å². The summed E-state index contributed by atoms with van der Waals surface area (Å²) in [6, 6.07) is 13.3. The van der Waals surface area contributed by atoms with Gasteiger partial charge in [0.05, 0.1) is 17.2 Å². The summed E-state index contributed by atoms with van der Waals surface area (Å²) >= 11 is 6.06. The second-order valence-electron chi connectivity index (χ2n) is 9.14. The van der Waals surface area contributed by atoms with E-state index < -0.39 is 5.92 Å². The van der Waals surface area contributed by atoms with E-state index in [1.54, 1.807) is 6.20 Å². The molecular formula is C27H27ClN2O3. The SMILES string of the molecule is CC1=C(C(=O)OC2CCCC2)[C@H](c2ccccn2)C2=C(C[C@H](c3ccc(Cl)cc3)CC2=O)N1. The smallest absolute Gasteiger partial charge is 0.337 e. The van der Waals surface area contributed by atoms with Gasteiger partial charge in [-0.3, -0.25) is 9.78 Å². The zero-order valence-electron chi connectivity index (χ0n) is 18.6. The summed E-state index contributed by atoms with van der Waals surface area (Å²) < 4.78 is 5.88. The van der Waals surface area contributed by atoms with Gasteiger partial charge in [-0.1, -0.05) is 29.8 Å². The lowest BCUT2D eigenvalue weighted by Crippen LogP contribution is -2.37. The van der Waals surface area contributed by atoms with Crippen molar-refractivity contribution in [2.75, 3.05) is 0 Å². The fraction of sp³-hybridized carbons (Fsp3) is 0.370. The maximum absolute atomic E-state index is 13.6. The van der Waals surface area contributed by atoms with Crippen LogP contribution in [0.1, 0.15) is 68.5 Å². The van der Waals surface area contributed by atoms with Gasteiger partial charge in [0, 0.05) is 34.6 Å². The molecular weight excluding hydrogens is 436 g/mol. The van der Waals surface area contributed by atoms with Crippen molar-refractivity contribution in [2.45, 2.75) is 63.4 Å². The van der Waals surface area contributed by atoms with E-state index in [0.717, 1.165) is 42.6 Å². The van der Waals surface area contributed by atoms with Crippen LogP contribution >= 0.6 is 11.6 Å². The summed E-state index contributed by atoms with van der Waals surface area (Å²) in [5.74, 6) is -0.764. The maximum atomic E-state index is 13.6. The number of aromatic nitrogens is 1. The largest absolute Gasteiger partial charge is 0.459 e. The number of ether oxygens (including phenoxy) is 1. The van der Waals surface area contributed by atoms with Crippen LogP contribution in [0.2, 0.25) is 5.02 Å². The summed E-state index contributed by atoms with van der Waals surface area (Å²) in [5.41, 5.74) is 4.53. The first-order valence-electron chi connectivity index (χ1n) is 11.6. The average molecular weight is 463 g/mol. The van der Waals surface area contributed by atoms with Crippen molar-refractivity contribution in [3.05, 3.63) is 87.5 Å². The van der Waals surface area contributed by atoms with Gasteiger partial charge < -0.3 is 10.1 Å². The number of hydrogen-bond acceptors (Lipinski definition) is 5. The molecule has 5 rings (SSSR count). The van der Waals surface area contributed by atoms with E-state index >= 15 is 0 Å². The lowest BCUT2D eigenvalue weighted by Gasteiger charge is -2.36. The van der Waals surface area contributed by atoms with Gasteiger partial charge in [-0.25, -0.2) is 4.79 Å². The average Bonchev–Trinajstić information content (AvgIpc) is 3.32. The van der Waals surface area contributed by atoms with Gasteiger partial charge in [0.25, 0.3) is 0 Å². The third-order valence-corrected chi connectivity index (χ3v) is 7.20. The number of hydrogen-bond donors (Lipinski definition) is 1. The summed E-state index contributed by atoms with van der Waals surface area (Å²) in [6.07, 6.45) is 6.69. The molecule has 0 radical (unpaired) electrons. The molecule has 1 saturated carbocycles. The van der Waals surface area contributed by atoms with Gasteiger partial charge in [0.1, 0.15) is 6.10 Å². The number of carbonyl (C=O) groups excluding carboxylic acids is 2. The molecule has 2 aromatic rings. The molecule has 1 aliphatic heterocycles. The fourth-order valence-electron chi connectivity index (χ4n) is 5.34. The standard InChI is InChI=1S/C27H27ClN2O3/c1-16-24(27(32)33-20-6-2-3-7-20)26(21-8-4-5-13-29-21)25-22(30-16)14-18(15-23(25)31)17-9-11-19(28)12-10-17/h4-5,8-13,18,20,26,30H,2-3,6-7,14-15H2,1H3/t18-,26-/m0/s1. The molecule has 1 aromatic heterocycles. The Kier molecular flexibility index (Phi) is 6.07. The minimum Gasteiger partial charge on any atom is -0.459 e. The first-order valence-corrected chi connectivity index (χ1v) is 12.0. The minimum atomic E-state index is -0.518. The van der Waals surface area contributed by atoms with Crippen LogP contribution in [-0.2, 0) is 14.3 Å². The highest BCUT2D eigenvalue weighted by Crippen LogP contribution is 2.45. The number of nitrogens with zero attached hydrogens (tertiary/aromatic N) is 1. The molecule has 0 bridgehead atoms. The van der Waals surface area contributed by atoms with Crippen LogP contribution in [0.4, 0.5) is 0 Å². The van der Waals surface area contributed by atoms with E-state index in [0.29, 0.717) is 34.7 Å². The van der Waals surface area contributed by atoms with Crippen molar-refractivity contribution in [2.24, 2.45) is 0 Å². The number of rotatable bonds is 4. The van der Waals surface area contributed by atoms with Gasteiger partial charge in [-0.2, -0.15) is 0 Å². The highest BCUT2D eigenvalue weighted by molar-refractivity contribution is 6.30. The monoisotopic (exact) mass is 462 g/mol. The molecule has 1 fully saturated rings. The predicted octanol–water partition coefficient (Wildman–Crippen LogP) is 5.58. The molecule has 2 aliphatic carbocycles. The number of esters is 1. The third kappa shape index (κ3) is 4.34. The number of allylic oxidation sites excluding steroid dienone is 3. The van der Waals surface area contributed by atoms with Crippen LogP contribution < -0.4 is 5.32 Å². The highest BCUT2D eigenvalue weighted by Gasteiger charge is 2.42. The van der Waals surface area contributed by atoms with E-state index in [2.05, 4.69) is 10.3 Å². The first kappa shape index (κ1) is 21.9. The number of carbonyl (C=O) groups is 2. The van der Waals surface area contributed by atoms with Gasteiger partial charge >= 0.3 is 5.97 Å². The van der Waals surface area contributed by atoms with Crippen molar-refractivity contribution in [3.63, 3.8) is 0 Å². The van der Waals surface area contributed by atoms with Crippen LogP contribution in [0.5, 0.6) is 0 Å². The molecule has 170 valence electrons. The lowest BCUT2D eigenvalue weighted by molar-refractivity contribution is -0.144. The van der Waals surface area contributed by atoms with Crippen LogP contribution in [0, 0.1) is 0 Å². The molecule has 3 aliphatic rings. The van der Waals surface area contributed by atoms with E-state index in [1.807, 2.05) is 49.4 Å². The third-order valence-electron chi connectivity index (χ3n) is 6.95. The van der Waals surface area contributed by atoms with Crippen molar-refractivity contribution >= 4 is 23.4 Å². The Morgan fingerprint density at radius 1 is 1.09 bits per heavy atom. The molecule has 0 saturated heterocycles. The number of dihydropyridines is 1. The van der Waals surface area contributed by atoms with Gasteiger partial charge in [-0.05, 0) is 74.8 Å². The fourth-order valence-corrected chi connectivity index (χ4v) is 5.47. The molecule has 1 aromatic carbocycles. The Morgan fingerprint density at radius 2 is 1.85 bits per heavy atom. The topological polar surface area (TPSA) is 68.3 Å². The van der Waals surface area contributed by atoms with Gasteiger partial charge in [0.15, 0.2) is 5.78 Å². The zero-order chi connectivity index (χ0) is 22.9. The molecule has 2 atom stereocenters. The first-order chi connectivity index (χ1) is 16.0. The van der Waals surface area contributed by atoms with Gasteiger partial charge in [0.2, 0.25) is 0 Å². The molecule has 0 unspecified atom stereocenters. The van der Waals surface area contributed by atoms with E-state index in [-0.39, 0.29) is 23.8 Å². The van der Waals surface area contributed by atoms with Crippen molar-refractivity contribution in [1.82, 2.24) is 10.3 Å². The van der Waals surface area contributed by atoms with E-state index in [1.165, 1.54) is 0 Å². The summed E-state index contributed by atoms with van der Waals surface area (Å²) in [5, 5.41) is 4.08. The molecule has 5 nitrogen and oxygen atoms in total. The summed E-state index contributed by atoms with van der Waals surface area (Å²) in [4.78, 5) is 31.5. The van der Waals surface area contributed by atoms with E-state index in [9.17, 15) is 9.59 Å². The van der Waals surface area contributed by atoms with Gasteiger partial charge in [-0.15, -0.1) is 0 Å². The predicted molar refractivity (Wildman–Crippen MR) is 127 cm³/mol. The molecule has 0 amide bonds. The Labute approximate surface area is 198 Å². The number of Topliss-reactive ketones (excluding diaryl/α,β-unsaturated/α-hetero) is 1. The molecule has 2 heterocycles. The number of nitrogens with one attached hydrogen (secondary N) is 1.